The van der Waals surface area contributed by atoms with E-state index in [9.17, 15) is 4.39 Å². The second-order valence-electron chi connectivity index (χ2n) is 5.21. The molecule has 1 fully saturated rings. The first-order chi connectivity index (χ1) is 8.74. The Balaban J connectivity index is 2.05. The SMILES string of the molecule is CCCC1CCN(c2ccc(CCN)cc2F)C1. The Bertz CT molecular complexity index is 392. The molecule has 2 rings (SSSR count). The largest absolute Gasteiger partial charge is 0.369 e. The monoisotopic (exact) mass is 250 g/mol. The highest BCUT2D eigenvalue weighted by Crippen LogP contribution is 2.28. The number of hydrogen-bond acceptors (Lipinski definition) is 2. The summed E-state index contributed by atoms with van der Waals surface area (Å²) in [7, 11) is 0. The van der Waals surface area contributed by atoms with Gasteiger partial charge in [-0.1, -0.05) is 19.4 Å². The second-order valence-corrected chi connectivity index (χ2v) is 5.21. The average molecular weight is 250 g/mol. The van der Waals surface area contributed by atoms with Crippen LogP contribution in [-0.4, -0.2) is 19.6 Å². The minimum absolute atomic E-state index is 0.0990. The average Bonchev–Trinajstić information content (AvgIpc) is 2.78. The molecule has 1 unspecified atom stereocenters. The molecule has 0 amide bonds. The van der Waals surface area contributed by atoms with Crippen molar-refractivity contribution in [2.45, 2.75) is 32.6 Å². The Morgan fingerprint density at radius 1 is 1.44 bits per heavy atom. The standard InChI is InChI=1S/C15H23FN2/c1-2-3-13-7-9-18(11-13)15-5-4-12(6-8-17)10-14(15)16/h4-5,10,13H,2-3,6-9,11,17H2,1H3. The van der Waals surface area contributed by atoms with E-state index in [2.05, 4.69) is 11.8 Å². The minimum Gasteiger partial charge on any atom is -0.369 e. The van der Waals surface area contributed by atoms with Crippen LogP contribution in [0, 0.1) is 11.7 Å². The lowest BCUT2D eigenvalue weighted by Crippen LogP contribution is -2.21. The molecule has 1 saturated heterocycles. The van der Waals surface area contributed by atoms with E-state index in [1.54, 1.807) is 6.07 Å². The van der Waals surface area contributed by atoms with Crippen LogP contribution in [0.2, 0.25) is 0 Å². The van der Waals surface area contributed by atoms with Crippen molar-refractivity contribution in [3.63, 3.8) is 0 Å². The highest BCUT2D eigenvalue weighted by atomic mass is 19.1. The lowest BCUT2D eigenvalue weighted by Gasteiger charge is -2.20. The quantitative estimate of drug-likeness (QED) is 0.870. The zero-order valence-corrected chi connectivity index (χ0v) is 11.2. The fraction of sp³-hybridized carbons (Fsp3) is 0.600. The van der Waals surface area contributed by atoms with Gasteiger partial charge in [-0.25, -0.2) is 4.39 Å². The zero-order chi connectivity index (χ0) is 13.0. The van der Waals surface area contributed by atoms with E-state index < -0.39 is 0 Å². The summed E-state index contributed by atoms with van der Waals surface area (Å²) in [5.41, 5.74) is 7.24. The van der Waals surface area contributed by atoms with Crippen molar-refractivity contribution in [2.75, 3.05) is 24.5 Å². The molecule has 0 radical (unpaired) electrons. The van der Waals surface area contributed by atoms with E-state index in [0.29, 0.717) is 6.54 Å². The van der Waals surface area contributed by atoms with Crippen molar-refractivity contribution in [3.05, 3.63) is 29.6 Å². The predicted molar refractivity (Wildman–Crippen MR) is 74.4 cm³/mol. The van der Waals surface area contributed by atoms with Crippen LogP contribution in [0.1, 0.15) is 31.7 Å². The third kappa shape index (κ3) is 3.02. The van der Waals surface area contributed by atoms with E-state index in [1.807, 2.05) is 12.1 Å². The number of nitrogens with zero attached hydrogens (tertiary/aromatic N) is 1. The molecule has 0 aliphatic carbocycles. The molecule has 0 bridgehead atoms. The molecule has 0 aromatic heterocycles. The first kappa shape index (κ1) is 13.3. The van der Waals surface area contributed by atoms with Crippen molar-refractivity contribution in [1.29, 1.82) is 0 Å². The summed E-state index contributed by atoms with van der Waals surface area (Å²) >= 11 is 0. The number of rotatable bonds is 5. The fourth-order valence-electron chi connectivity index (χ4n) is 2.82. The number of nitrogens with two attached hydrogens (primary N) is 1. The van der Waals surface area contributed by atoms with Gasteiger partial charge in [0.05, 0.1) is 5.69 Å². The molecule has 1 atom stereocenters. The van der Waals surface area contributed by atoms with Crippen molar-refractivity contribution in [3.8, 4) is 0 Å². The molecule has 0 spiro atoms. The van der Waals surface area contributed by atoms with Crippen molar-refractivity contribution < 1.29 is 4.39 Å². The molecule has 2 nitrogen and oxygen atoms in total. The molecule has 1 aromatic carbocycles. The Morgan fingerprint density at radius 3 is 2.94 bits per heavy atom. The summed E-state index contributed by atoms with van der Waals surface area (Å²) in [5.74, 6) is 0.635. The molecule has 1 heterocycles. The van der Waals surface area contributed by atoms with E-state index >= 15 is 0 Å². The van der Waals surface area contributed by atoms with Gasteiger partial charge < -0.3 is 10.6 Å². The van der Waals surface area contributed by atoms with Gasteiger partial charge in [0.2, 0.25) is 0 Å². The smallest absolute Gasteiger partial charge is 0.146 e. The summed E-state index contributed by atoms with van der Waals surface area (Å²) in [5, 5.41) is 0. The van der Waals surface area contributed by atoms with Crippen molar-refractivity contribution >= 4 is 5.69 Å². The lowest BCUT2D eigenvalue weighted by molar-refractivity contribution is 0.529. The number of anilines is 1. The Kier molecular flexibility index (Phi) is 4.59. The molecule has 1 aliphatic heterocycles. The van der Waals surface area contributed by atoms with Crippen LogP contribution in [0.3, 0.4) is 0 Å². The van der Waals surface area contributed by atoms with Crippen molar-refractivity contribution in [2.24, 2.45) is 11.7 Å². The zero-order valence-electron chi connectivity index (χ0n) is 11.2. The number of hydrogen-bond donors (Lipinski definition) is 1. The summed E-state index contributed by atoms with van der Waals surface area (Å²) in [4.78, 5) is 2.18. The van der Waals surface area contributed by atoms with Crippen LogP contribution in [0.4, 0.5) is 10.1 Å². The van der Waals surface area contributed by atoms with Gasteiger partial charge >= 0.3 is 0 Å². The Morgan fingerprint density at radius 2 is 2.28 bits per heavy atom. The second kappa shape index (κ2) is 6.19. The molecular weight excluding hydrogens is 227 g/mol. The molecule has 1 aliphatic rings. The van der Waals surface area contributed by atoms with Gasteiger partial charge in [-0.3, -0.25) is 0 Å². The summed E-state index contributed by atoms with van der Waals surface area (Å²) in [6, 6.07) is 5.54. The highest BCUT2D eigenvalue weighted by molar-refractivity contribution is 5.50. The van der Waals surface area contributed by atoms with Crippen molar-refractivity contribution in [1.82, 2.24) is 0 Å². The van der Waals surface area contributed by atoms with Gasteiger partial charge in [-0.15, -0.1) is 0 Å². The fourth-order valence-corrected chi connectivity index (χ4v) is 2.82. The first-order valence-electron chi connectivity index (χ1n) is 6.98. The molecule has 18 heavy (non-hydrogen) atoms. The van der Waals surface area contributed by atoms with E-state index in [4.69, 9.17) is 5.73 Å². The van der Waals surface area contributed by atoms with Crippen LogP contribution in [-0.2, 0) is 6.42 Å². The summed E-state index contributed by atoms with van der Waals surface area (Å²) in [6.07, 6.45) is 4.41. The lowest BCUT2D eigenvalue weighted by atomic mass is 10.0. The predicted octanol–water partition coefficient (Wildman–Crippen LogP) is 2.95. The molecule has 0 saturated carbocycles. The topological polar surface area (TPSA) is 29.3 Å². The maximum atomic E-state index is 14.1. The molecule has 100 valence electrons. The van der Waals surface area contributed by atoms with Crippen LogP contribution in [0.15, 0.2) is 18.2 Å². The van der Waals surface area contributed by atoms with Gasteiger partial charge in [0.1, 0.15) is 5.82 Å². The van der Waals surface area contributed by atoms with Gasteiger partial charge in [0.15, 0.2) is 0 Å². The van der Waals surface area contributed by atoms with Crippen LogP contribution < -0.4 is 10.6 Å². The Labute approximate surface area is 109 Å². The van der Waals surface area contributed by atoms with Crippen LogP contribution in [0.5, 0.6) is 0 Å². The summed E-state index contributed by atoms with van der Waals surface area (Å²) in [6.45, 7) is 4.77. The molecule has 3 heteroatoms. The molecule has 1 aromatic rings. The van der Waals surface area contributed by atoms with E-state index in [1.165, 1.54) is 19.3 Å². The molecular formula is C15H23FN2. The van der Waals surface area contributed by atoms with Gasteiger partial charge in [0, 0.05) is 13.1 Å². The van der Waals surface area contributed by atoms with Gasteiger partial charge in [0.25, 0.3) is 0 Å². The Hall–Kier alpha value is -1.09. The van der Waals surface area contributed by atoms with Crippen LogP contribution in [0.25, 0.3) is 0 Å². The first-order valence-corrected chi connectivity index (χ1v) is 6.98. The van der Waals surface area contributed by atoms with E-state index in [0.717, 1.165) is 36.7 Å². The highest BCUT2D eigenvalue weighted by Gasteiger charge is 2.23. The number of benzene rings is 1. The number of halogens is 1. The third-order valence-electron chi connectivity index (χ3n) is 3.77. The maximum absolute atomic E-state index is 14.1. The molecule has 2 N–H and O–H groups in total. The van der Waals surface area contributed by atoms with Gasteiger partial charge in [-0.2, -0.15) is 0 Å². The maximum Gasteiger partial charge on any atom is 0.146 e. The summed E-state index contributed by atoms with van der Waals surface area (Å²) < 4.78 is 14.1. The van der Waals surface area contributed by atoms with Gasteiger partial charge in [-0.05, 0) is 49.4 Å². The normalized spacial score (nSPS) is 19.5. The minimum atomic E-state index is -0.0990. The van der Waals surface area contributed by atoms with E-state index in [-0.39, 0.29) is 5.82 Å². The third-order valence-corrected chi connectivity index (χ3v) is 3.77. The van der Waals surface area contributed by atoms with Crippen LogP contribution >= 0.6 is 0 Å².